The minimum Gasteiger partial charge on any atom is -0.384 e. The molecule has 16 heavy (non-hydrogen) atoms. The Labute approximate surface area is 99.7 Å². The zero-order valence-electron chi connectivity index (χ0n) is 11.0. The lowest BCUT2D eigenvalue weighted by Crippen LogP contribution is -2.28. The summed E-state index contributed by atoms with van der Waals surface area (Å²) in [4.78, 5) is 2.43. The third-order valence-electron chi connectivity index (χ3n) is 3.24. The van der Waals surface area contributed by atoms with E-state index in [4.69, 9.17) is 0 Å². The van der Waals surface area contributed by atoms with Crippen LogP contribution in [0.25, 0.3) is 0 Å². The van der Waals surface area contributed by atoms with Gasteiger partial charge in [0.05, 0.1) is 0 Å². The molecule has 0 fully saturated rings. The Hall–Kier alpha value is -1.02. The first kappa shape index (κ1) is 13.0. The van der Waals surface area contributed by atoms with E-state index in [0.29, 0.717) is 0 Å². The van der Waals surface area contributed by atoms with E-state index in [9.17, 15) is 0 Å². The number of rotatable bonds is 6. The fourth-order valence-electron chi connectivity index (χ4n) is 1.83. The molecular formula is C14H24N2. The smallest absolute Gasteiger partial charge is 0.0372 e. The van der Waals surface area contributed by atoms with Gasteiger partial charge in [-0.15, -0.1) is 0 Å². The maximum Gasteiger partial charge on any atom is 0.0372 e. The molecule has 0 aliphatic rings. The van der Waals surface area contributed by atoms with Crippen LogP contribution < -0.4 is 5.32 Å². The van der Waals surface area contributed by atoms with E-state index in [1.54, 1.807) is 0 Å². The zero-order valence-corrected chi connectivity index (χ0v) is 11.0. The molecule has 1 rings (SSSR count). The number of nitrogens with one attached hydrogen (secondary N) is 1. The van der Waals surface area contributed by atoms with Crippen molar-refractivity contribution >= 4 is 5.69 Å². The van der Waals surface area contributed by atoms with Crippen LogP contribution in [0.5, 0.6) is 0 Å². The molecule has 90 valence electrons. The molecule has 0 spiro atoms. The van der Waals surface area contributed by atoms with E-state index < -0.39 is 0 Å². The summed E-state index contributed by atoms with van der Waals surface area (Å²) in [6.07, 6.45) is 0. The van der Waals surface area contributed by atoms with Gasteiger partial charge in [-0.05, 0) is 44.1 Å². The molecule has 0 saturated heterocycles. The highest BCUT2D eigenvalue weighted by Gasteiger charge is 2.01. The van der Waals surface area contributed by atoms with Crippen molar-refractivity contribution in [2.24, 2.45) is 0 Å². The van der Waals surface area contributed by atoms with Gasteiger partial charge in [0.15, 0.2) is 0 Å². The van der Waals surface area contributed by atoms with Gasteiger partial charge < -0.3 is 10.2 Å². The third-order valence-corrected chi connectivity index (χ3v) is 3.24. The van der Waals surface area contributed by atoms with Gasteiger partial charge in [-0.2, -0.15) is 0 Å². The van der Waals surface area contributed by atoms with Crippen LogP contribution in [0.1, 0.15) is 25.0 Å². The summed E-state index contributed by atoms with van der Waals surface area (Å²) in [5, 5.41) is 3.51. The Balaban J connectivity index is 2.46. The van der Waals surface area contributed by atoms with Crippen molar-refractivity contribution in [1.29, 1.82) is 0 Å². The lowest BCUT2D eigenvalue weighted by atomic mass is 10.1. The molecule has 2 nitrogen and oxygen atoms in total. The van der Waals surface area contributed by atoms with Gasteiger partial charge in [-0.25, -0.2) is 0 Å². The predicted octanol–water partition coefficient (Wildman–Crippen LogP) is 3.06. The van der Waals surface area contributed by atoms with Gasteiger partial charge >= 0.3 is 0 Å². The Kier molecular flexibility index (Phi) is 5.33. The van der Waals surface area contributed by atoms with Crippen LogP contribution in [0.3, 0.4) is 0 Å². The number of hydrogen-bond acceptors (Lipinski definition) is 2. The molecule has 0 saturated carbocycles. The second kappa shape index (κ2) is 6.54. The molecule has 0 unspecified atom stereocenters. The van der Waals surface area contributed by atoms with Crippen LogP contribution in [-0.4, -0.2) is 31.1 Å². The summed E-state index contributed by atoms with van der Waals surface area (Å²) in [7, 11) is 0. The van der Waals surface area contributed by atoms with Crippen LogP contribution >= 0.6 is 0 Å². The predicted molar refractivity (Wildman–Crippen MR) is 72.2 cm³/mol. The monoisotopic (exact) mass is 220 g/mol. The van der Waals surface area contributed by atoms with E-state index in [0.717, 1.165) is 26.2 Å². The molecule has 1 N–H and O–H groups in total. The number of benzene rings is 1. The van der Waals surface area contributed by atoms with Gasteiger partial charge in [0.1, 0.15) is 0 Å². The standard InChI is InChI=1S/C14H24N2/c1-5-16(6-2)11-10-15-14-9-7-8-12(3)13(14)4/h7-9,15H,5-6,10-11H2,1-4H3. The van der Waals surface area contributed by atoms with E-state index in [1.807, 2.05) is 0 Å². The number of nitrogens with zero attached hydrogens (tertiary/aromatic N) is 1. The van der Waals surface area contributed by atoms with Gasteiger partial charge in [0, 0.05) is 18.8 Å². The molecular weight excluding hydrogens is 196 g/mol. The van der Waals surface area contributed by atoms with Crippen molar-refractivity contribution in [3.8, 4) is 0 Å². The summed E-state index contributed by atoms with van der Waals surface area (Å²) in [6.45, 7) is 13.1. The molecule has 1 aromatic carbocycles. The fraction of sp³-hybridized carbons (Fsp3) is 0.571. The Morgan fingerprint density at radius 3 is 2.44 bits per heavy atom. The normalized spacial score (nSPS) is 10.8. The van der Waals surface area contributed by atoms with Crippen molar-refractivity contribution < 1.29 is 0 Å². The Morgan fingerprint density at radius 1 is 1.12 bits per heavy atom. The van der Waals surface area contributed by atoms with Crippen molar-refractivity contribution in [2.45, 2.75) is 27.7 Å². The summed E-state index contributed by atoms with van der Waals surface area (Å²) < 4.78 is 0. The van der Waals surface area contributed by atoms with E-state index in [1.165, 1.54) is 16.8 Å². The first-order chi connectivity index (χ1) is 7.69. The molecule has 0 aliphatic heterocycles. The second-order valence-electron chi connectivity index (χ2n) is 4.20. The summed E-state index contributed by atoms with van der Waals surface area (Å²) in [5.74, 6) is 0. The molecule has 0 aromatic heterocycles. The van der Waals surface area contributed by atoms with Crippen LogP contribution in [0, 0.1) is 13.8 Å². The number of likely N-dealkylation sites (N-methyl/N-ethyl adjacent to an activating group) is 1. The van der Waals surface area contributed by atoms with E-state index in [2.05, 4.69) is 56.1 Å². The van der Waals surface area contributed by atoms with E-state index in [-0.39, 0.29) is 0 Å². The molecule has 1 aromatic rings. The summed E-state index contributed by atoms with van der Waals surface area (Å²) >= 11 is 0. The minimum atomic E-state index is 1.02. The molecule has 0 atom stereocenters. The highest BCUT2D eigenvalue weighted by molar-refractivity contribution is 5.53. The number of aryl methyl sites for hydroxylation is 1. The molecule has 0 aliphatic carbocycles. The number of hydrogen-bond donors (Lipinski definition) is 1. The SMILES string of the molecule is CCN(CC)CCNc1cccc(C)c1C. The molecule has 2 heteroatoms. The molecule has 0 heterocycles. The Morgan fingerprint density at radius 2 is 1.81 bits per heavy atom. The van der Waals surface area contributed by atoms with Gasteiger partial charge in [-0.1, -0.05) is 26.0 Å². The largest absolute Gasteiger partial charge is 0.384 e. The second-order valence-corrected chi connectivity index (χ2v) is 4.20. The van der Waals surface area contributed by atoms with Crippen molar-refractivity contribution in [3.63, 3.8) is 0 Å². The van der Waals surface area contributed by atoms with Gasteiger partial charge in [-0.3, -0.25) is 0 Å². The molecule has 0 amide bonds. The summed E-state index contributed by atoms with van der Waals surface area (Å²) in [6, 6.07) is 6.43. The maximum atomic E-state index is 3.51. The lowest BCUT2D eigenvalue weighted by molar-refractivity contribution is 0.316. The first-order valence-corrected chi connectivity index (χ1v) is 6.21. The maximum absolute atomic E-state index is 3.51. The van der Waals surface area contributed by atoms with Crippen molar-refractivity contribution in [3.05, 3.63) is 29.3 Å². The first-order valence-electron chi connectivity index (χ1n) is 6.21. The van der Waals surface area contributed by atoms with Gasteiger partial charge in [0.2, 0.25) is 0 Å². The third kappa shape index (κ3) is 3.53. The molecule has 0 bridgehead atoms. The zero-order chi connectivity index (χ0) is 12.0. The topological polar surface area (TPSA) is 15.3 Å². The average molecular weight is 220 g/mol. The summed E-state index contributed by atoms with van der Waals surface area (Å²) in [5.41, 5.74) is 3.99. The van der Waals surface area contributed by atoms with Crippen molar-refractivity contribution in [2.75, 3.05) is 31.5 Å². The van der Waals surface area contributed by atoms with Crippen LogP contribution in [0.15, 0.2) is 18.2 Å². The minimum absolute atomic E-state index is 1.02. The highest BCUT2D eigenvalue weighted by atomic mass is 15.1. The van der Waals surface area contributed by atoms with Crippen LogP contribution in [0.4, 0.5) is 5.69 Å². The van der Waals surface area contributed by atoms with Gasteiger partial charge in [0.25, 0.3) is 0 Å². The van der Waals surface area contributed by atoms with Crippen LogP contribution in [0.2, 0.25) is 0 Å². The quantitative estimate of drug-likeness (QED) is 0.792. The lowest BCUT2D eigenvalue weighted by Gasteiger charge is -2.19. The van der Waals surface area contributed by atoms with Crippen molar-refractivity contribution in [1.82, 2.24) is 4.90 Å². The fourth-order valence-corrected chi connectivity index (χ4v) is 1.83. The average Bonchev–Trinajstić information content (AvgIpc) is 2.30. The van der Waals surface area contributed by atoms with Crippen LogP contribution in [-0.2, 0) is 0 Å². The Bertz CT molecular complexity index is 317. The highest BCUT2D eigenvalue weighted by Crippen LogP contribution is 2.17. The molecule has 0 radical (unpaired) electrons. The van der Waals surface area contributed by atoms with E-state index >= 15 is 0 Å². The number of anilines is 1.